The fourth-order valence-electron chi connectivity index (χ4n) is 0.797. The molecule has 0 unspecified atom stereocenters. The minimum absolute atomic E-state index is 0.725. The van der Waals surface area contributed by atoms with Gasteiger partial charge in [-0.25, -0.2) is 9.78 Å². The van der Waals surface area contributed by atoms with Crippen LogP contribution < -0.4 is 0 Å². The van der Waals surface area contributed by atoms with E-state index >= 15 is 0 Å². The second kappa shape index (κ2) is 7.03. The molecule has 62 valence electrons. The van der Waals surface area contributed by atoms with Crippen LogP contribution in [-0.4, -0.2) is 13.7 Å². The van der Waals surface area contributed by atoms with Crippen molar-refractivity contribution in [3.8, 4) is 0 Å². The molecule has 0 atom stereocenters. The third-order valence-electron chi connectivity index (χ3n) is 1.38. The van der Waals surface area contributed by atoms with E-state index in [1.165, 1.54) is 12.8 Å². The third-order valence-corrected chi connectivity index (χ3v) is 1.38. The van der Waals surface area contributed by atoms with Gasteiger partial charge in [-0.1, -0.05) is 26.7 Å². The number of hydrogen-bond donors (Lipinski definition) is 0. The van der Waals surface area contributed by atoms with E-state index in [0.717, 1.165) is 18.9 Å². The molecule has 0 aromatic rings. The molecule has 0 aromatic carbocycles. The Morgan fingerprint density at radius 3 is 2.40 bits per heavy atom. The Morgan fingerprint density at radius 1 is 1.20 bits per heavy atom. The van der Waals surface area contributed by atoms with Crippen LogP contribution in [0.15, 0.2) is 0 Å². The molecule has 0 aliphatic carbocycles. The summed E-state index contributed by atoms with van der Waals surface area (Å²) < 4.78 is 0. The van der Waals surface area contributed by atoms with E-state index < -0.39 is 0 Å². The van der Waals surface area contributed by atoms with Crippen LogP contribution >= 0.6 is 0 Å². The Bertz CT molecular complexity index is 62.3. The highest BCUT2D eigenvalue weighted by Crippen LogP contribution is 2.05. The quantitative estimate of drug-likeness (QED) is 0.325. The smallest absolute Gasteiger partial charge is 0.0822 e. The van der Waals surface area contributed by atoms with Gasteiger partial charge in [0, 0.05) is 0 Å². The van der Waals surface area contributed by atoms with Crippen molar-refractivity contribution in [3.63, 3.8) is 0 Å². The van der Waals surface area contributed by atoms with Crippen molar-refractivity contribution in [3.05, 3.63) is 0 Å². The Labute approximate surface area is 63.5 Å². The minimum Gasteiger partial charge on any atom is -0.240 e. The highest BCUT2D eigenvalue weighted by Gasteiger charge is 1.93. The topological polar surface area (TPSA) is 18.5 Å². The first-order valence-corrected chi connectivity index (χ1v) is 3.93. The summed E-state index contributed by atoms with van der Waals surface area (Å²) in [7, 11) is 1.54. The van der Waals surface area contributed by atoms with Crippen LogP contribution in [0.25, 0.3) is 0 Å². The zero-order valence-electron chi connectivity index (χ0n) is 7.22. The van der Waals surface area contributed by atoms with Gasteiger partial charge < -0.3 is 0 Å². The van der Waals surface area contributed by atoms with Crippen molar-refractivity contribution in [2.24, 2.45) is 5.92 Å². The normalized spacial score (nSPS) is 10.8. The summed E-state index contributed by atoms with van der Waals surface area (Å²) >= 11 is 0. The largest absolute Gasteiger partial charge is 0.240 e. The average molecular weight is 146 g/mol. The standard InChI is InChI=1S/C8H18O2/c1-8(2)6-4-5-7-10-9-3/h8H,4-7H2,1-3H3. The molecule has 0 aromatic heterocycles. The predicted molar refractivity (Wildman–Crippen MR) is 41.7 cm³/mol. The van der Waals surface area contributed by atoms with Gasteiger partial charge in [0.25, 0.3) is 0 Å². The van der Waals surface area contributed by atoms with Crippen LogP contribution in [0.4, 0.5) is 0 Å². The molecule has 0 heterocycles. The molecular formula is C8H18O2. The van der Waals surface area contributed by atoms with Crippen LogP contribution in [0.5, 0.6) is 0 Å². The molecular weight excluding hydrogens is 128 g/mol. The van der Waals surface area contributed by atoms with E-state index in [4.69, 9.17) is 4.89 Å². The van der Waals surface area contributed by atoms with E-state index in [1.807, 2.05) is 0 Å². The molecule has 0 aliphatic heterocycles. The first-order chi connectivity index (χ1) is 4.77. The first-order valence-electron chi connectivity index (χ1n) is 3.93. The van der Waals surface area contributed by atoms with E-state index in [-0.39, 0.29) is 0 Å². The molecule has 0 spiro atoms. The van der Waals surface area contributed by atoms with Crippen LogP contribution in [0, 0.1) is 5.92 Å². The molecule has 2 nitrogen and oxygen atoms in total. The lowest BCUT2D eigenvalue weighted by Crippen LogP contribution is -1.94. The molecule has 0 rings (SSSR count). The second-order valence-electron chi connectivity index (χ2n) is 2.88. The highest BCUT2D eigenvalue weighted by atomic mass is 17.2. The molecule has 0 saturated heterocycles. The van der Waals surface area contributed by atoms with E-state index in [9.17, 15) is 0 Å². The Balaban J connectivity index is 2.77. The van der Waals surface area contributed by atoms with Gasteiger partial charge in [-0.2, -0.15) is 0 Å². The number of unbranched alkanes of at least 4 members (excludes halogenated alkanes) is 1. The second-order valence-corrected chi connectivity index (χ2v) is 2.88. The molecule has 0 bridgehead atoms. The maximum Gasteiger partial charge on any atom is 0.0822 e. The third kappa shape index (κ3) is 7.92. The van der Waals surface area contributed by atoms with E-state index in [2.05, 4.69) is 18.7 Å². The van der Waals surface area contributed by atoms with Gasteiger partial charge in [0.2, 0.25) is 0 Å². The maximum atomic E-state index is 4.72. The Kier molecular flexibility index (Phi) is 6.98. The lowest BCUT2D eigenvalue weighted by molar-refractivity contribution is -0.272. The summed E-state index contributed by atoms with van der Waals surface area (Å²) in [6, 6.07) is 0. The van der Waals surface area contributed by atoms with Gasteiger partial charge in [0.15, 0.2) is 0 Å². The molecule has 10 heavy (non-hydrogen) atoms. The van der Waals surface area contributed by atoms with Gasteiger partial charge in [-0.3, -0.25) is 0 Å². The van der Waals surface area contributed by atoms with Crippen molar-refractivity contribution in [1.82, 2.24) is 0 Å². The predicted octanol–water partition coefficient (Wildman–Crippen LogP) is 2.39. The molecule has 0 saturated carbocycles. The number of hydrogen-bond acceptors (Lipinski definition) is 2. The van der Waals surface area contributed by atoms with Gasteiger partial charge in [-0.15, -0.1) is 0 Å². The Hall–Kier alpha value is -0.0800. The highest BCUT2D eigenvalue weighted by molar-refractivity contribution is 4.44. The van der Waals surface area contributed by atoms with Gasteiger partial charge in [0.1, 0.15) is 0 Å². The average Bonchev–Trinajstić information content (AvgIpc) is 1.87. The molecule has 0 amide bonds. The summed E-state index contributed by atoms with van der Waals surface area (Å²) in [5, 5.41) is 0. The SMILES string of the molecule is COOCCCCC(C)C. The van der Waals surface area contributed by atoms with Crippen LogP contribution in [0.3, 0.4) is 0 Å². The summed E-state index contributed by atoms with van der Waals surface area (Å²) in [5.41, 5.74) is 0. The molecule has 2 heteroatoms. The lowest BCUT2D eigenvalue weighted by Gasteiger charge is -2.02. The molecule has 0 fully saturated rings. The lowest BCUT2D eigenvalue weighted by atomic mass is 10.1. The summed E-state index contributed by atoms with van der Waals surface area (Å²) in [4.78, 5) is 9.16. The molecule has 0 aliphatic rings. The fraction of sp³-hybridized carbons (Fsp3) is 1.00. The number of rotatable bonds is 6. The van der Waals surface area contributed by atoms with Crippen molar-refractivity contribution in [2.45, 2.75) is 33.1 Å². The van der Waals surface area contributed by atoms with Crippen molar-refractivity contribution in [2.75, 3.05) is 13.7 Å². The maximum absolute atomic E-state index is 4.72. The zero-order chi connectivity index (χ0) is 7.82. The van der Waals surface area contributed by atoms with E-state index in [0.29, 0.717) is 0 Å². The fourth-order valence-corrected chi connectivity index (χ4v) is 0.797. The molecule has 0 radical (unpaired) electrons. The van der Waals surface area contributed by atoms with Crippen molar-refractivity contribution >= 4 is 0 Å². The van der Waals surface area contributed by atoms with Gasteiger partial charge in [-0.05, 0) is 12.3 Å². The van der Waals surface area contributed by atoms with E-state index in [1.54, 1.807) is 7.11 Å². The zero-order valence-corrected chi connectivity index (χ0v) is 7.22. The molecule has 0 N–H and O–H groups in total. The van der Waals surface area contributed by atoms with Gasteiger partial charge >= 0.3 is 0 Å². The monoisotopic (exact) mass is 146 g/mol. The van der Waals surface area contributed by atoms with Crippen LogP contribution in [-0.2, 0) is 9.78 Å². The van der Waals surface area contributed by atoms with Crippen LogP contribution in [0.2, 0.25) is 0 Å². The van der Waals surface area contributed by atoms with Crippen LogP contribution in [0.1, 0.15) is 33.1 Å². The van der Waals surface area contributed by atoms with Gasteiger partial charge in [0.05, 0.1) is 13.7 Å². The minimum atomic E-state index is 0.725. The van der Waals surface area contributed by atoms with Crippen molar-refractivity contribution in [1.29, 1.82) is 0 Å². The first kappa shape index (κ1) is 9.92. The summed E-state index contributed by atoms with van der Waals surface area (Å²) in [6.07, 6.45) is 3.63. The Morgan fingerprint density at radius 2 is 1.90 bits per heavy atom. The van der Waals surface area contributed by atoms with Crippen molar-refractivity contribution < 1.29 is 9.78 Å². The summed E-state index contributed by atoms with van der Waals surface area (Å²) in [6.45, 7) is 5.19. The summed E-state index contributed by atoms with van der Waals surface area (Å²) in [5.74, 6) is 0.808.